The summed E-state index contributed by atoms with van der Waals surface area (Å²) in [6.45, 7) is 3.81. The number of hydrazine groups is 1. The van der Waals surface area contributed by atoms with E-state index in [1.165, 1.54) is 12.8 Å². The van der Waals surface area contributed by atoms with Crippen molar-refractivity contribution >= 4 is 28.9 Å². The average molecular weight is 441 g/mol. The van der Waals surface area contributed by atoms with E-state index in [1.54, 1.807) is 7.11 Å². The lowest BCUT2D eigenvalue weighted by Gasteiger charge is -2.27. The number of carbonyl (C=O) groups excluding carboxylic acids is 1. The largest absolute Gasteiger partial charge is 0.497 e. The van der Waals surface area contributed by atoms with Gasteiger partial charge in [0.05, 0.1) is 23.9 Å². The van der Waals surface area contributed by atoms with Gasteiger partial charge in [0.2, 0.25) is 0 Å². The Kier molecular flexibility index (Phi) is 6.78. The van der Waals surface area contributed by atoms with Gasteiger partial charge in [0.15, 0.2) is 0 Å². The molecule has 2 aromatic rings. The number of hydrogen-bond donors (Lipinski definition) is 1. The van der Waals surface area contributed by atoms with E-state index in [4.69, 9.17) is 21.4 Å². The topological polar surface area (TPSA) is 57.2 Å². The number of nitrogens with one attached hydrogen (secondary N) is 1. The molecule has 2 aliphatic rings. The normalized spacial score (nSPS) is 22.0. The highest BCUT2D eigenvalue weighted by Crippen LogP contribution is 2.41. The van der Waals surface area contributed by atoms with E-state index in [1.807, 2.05) is 65.5 Å². The highest BCUT2D eigenvalue weighted by atomic mass is 35.5. The number of halogens is 1. The minimum absolute atomic E-state index is 0.114. The molecule has 2 heterocycles. The third kappa shape index (κ3) is 4.70. The fourth-order valence-electron chi connectivity index (χ4n) is 4.34. The molecule has 0 bridgehead atoms. The fourth-order valence-corrected chi connectivity index (χ4v) is 4.56. The van der Waals surface area contributed by atoms with Crippen molar-refractivity contribution in [2.24, 2.45) is 11.0 Å². The van der Waals surface area contributed by atoms with Crippen LogP contribution in [0.2, 0.25) is 5.02 Å². The summed E-state index contributed by atoms with van der Waals surface area (Å²) in [4.78, 5) is 13.2. The molecule has 2 aliphatic heterocycles. The molecule has 2 atom stereocenters. The molecule has 7 heteroatoms. The maximum atomic E-state index is 13.2. The van der Waals surface area contributed by atoms with Crippen LogP contribution in [0.5, 0.6) is 5.75 Å². The van der Waals surface area contributed by atoms with Crippen LogP contribution in [-0.4, -0.2) is 36.8 Å². The van der Waals surface area contributed by atoms with Crippen molar-refractivity contribution in [3.63, 3.8) is 0 Å². The number of methoxy groups -OCH3 is 1. The highest BCUT2D eigenvalue weighted by Gasteiger charge is 2.40. The van der Waals surface area contributed by atoms with Crippen LogP contribution in [0.15, 0.2) is 53.6 Å². The van der Waals surface area contributed by atoms with Gasteiger partial charge in [-0.3, -0.25) is 15.2 Å². The minimum Gasteiger partial charge on any atom is -0.497 e. The number of hydrogen-bond acceptors (Lipinski definition) is 5. The van der Waals surface area contributed by atoms with E-state index in [9.17, 15) is 4.79 Å². The first-order valence-corrected chi connectivity index (χ1v) is 11.3. The van der Waals surface area contributed by atoms with Gasteiger partial charge < -0.3 is 4.74 Å². The van der Waals surface area contributed by atoms with Gasteiger partial charge in [-0.05, 0) is 42.7 Å². The molecule has 2 aromatic carbocycles. The Labute approximate surface area is 188 Å². The monoisotopic (exact) mass is 440 g/mol. The van der Waals surface area contributed by atoms with Crippen molar-refractivity contribution in [2.45, 2.75) is 38.6 Å². The zero-order valence-corrected chi connectivity index (χ0v) is 18.8. The number of hydrazone groups is 1. The van der Waals surface area contributed by atoms with Crippen LogP contribution in [0.1, 0.15) is 44.2 Å². The molecule has 31 heavy (non-hydrogen) atoms. The predicted molar refractivity (Wildman–Crippen MR) is 124 cm³/mol. The summed E-state index contributed by atoms with van der Waals surface area (Å²) >= 11 is 6.51. The second kappa shape index (κ2) is 9.71. The summed E-state index contributed by atoms with van der Waals surface area (Å²) in [5.74, 6) is 0.540. The Morgan fingerprint density at radius 2 is 1.74 bits per heavy atom. The number of rotatable bonds is 5. The maximum Gasteiger partial charge on any atom is 0.282 e. The molecule has 0 saturated carbocycles. The van der Waals surface area contributed by atoms with E-state index < -0.39 is 0 Å². The van der Waals surface area contributed by atoms with Crippen LogP contribution >= 0.6 is 11.6 Å². The van der Waals surface area contributed by atoms with Gasteiger partial charge in [-0.2, -0.15) is 5.10 Å². The van der Waals surface area contributed by atoms with Crippen LogP contribution in [0.3, 0.4) is 0 Å². The van der Waals surface area contributed by atoms with Gasteiger partial charge in [0.1, 0.15) is 11.5 Å². The van der Waals surface area contributed by atoms with Crippen LogP contribution in [0.4, 0.5) is 5.69 Å². The van der Waals surface area contributed by atoms with Crippen molar-refractivity contribution in [3.05, 3.63) is 59.1 Å². The van der Waals surface area contributed by atoms with Gasteiger partial charge in [-0.15, -0.1) is 0 Å². The summed E-state index contributed by atoms with van der Waals surface area (Å²) in [6.07, 6.45) is 4.62. The second-order valence-electron chi connectivity index (χ2n) is 8.13. The Morgan fingerprint density at radius 3 is 2.39 bits per heavy atom. The highest BCUT2D eigenvalue weighted by molar-refractivity contribution is 6.40. The molecular formula is C24H29ClN4O2. The predicted octanol–water partition coefficient (Wildman–Crippen LogP) is 4.81. The van der Waals surface area contributed by atoms with Crippen LogP contribution in [0.25, 0.3) is 0 Å². The quantitative estimate of drug-likeness (QED) is 0.724. The van der Waals surface area contributed by atoms with Gasteiger partial charge in [-0.25, -0.2) is 5.01 Å². The number of nitrogens with zero attached hydrogens (tertiary/aromatic N) is 3. The first-order valence-electron chi connectivity index (χ1n) is 10.9. The SMILES string of the molecule is COc1ccc([C@H]2[C@H](C)C(C(=O)NN3CCCCCC3)=NN2c2ccccc2Cl)cc1. The number of benzene rings is 2. The summed E-state index contributed by atoms with van der Waals surface area (Å²) in [5.41, 5.74) is 5.45. The smallest absolute Gasteiger partial charge is 0.282 e. The molecule has 1 saturated heterocycles. The Bertz CT molecular complexity index is 939. The van der Waals surface area contributed by atoms with Crippen LogP contribution in [0, 0.1) is 5.92 Å². The summed E-state index contributed by atoms with van der Waals surface area (Å²) < 4.78 is 5.31. The Balaban J connectivity index is 1.64. The lowest BCUT2D eigenvalue weighted by Crippen LogP contribution is -2.46. The van der Waals surface area contributed by atoms with Gasteiger partial charge >= 0.3 is 0 Å². The van der Waals surface area contributed by atoms with E-state index in [-0.39, 0.29) is 17.9 Å². The second-order valence-corrected chi connectivity index (χ2v) is 8.54. The fraction of sp³-hybridized carbons (Fsp3) is 0.417. The van der Waals surface area contributed by atoms with E-state index in [0.29, 0.717) is 10.7 Å². The molecule has 0 aromatic heterocycles. The van der Waals surface area contributed by atoms with Crippen molar-refractivity contribution in [1.82, 2.24) is 10.4 Å². The van der Waals surface area contributed by atoms with Gasteiger partial charge in [0, 0.05) is 19.0 Å². The minimum atomic E-state index is -0.143. The molecule has 0 radical (unpaired) electrons. The van der Waals surface area contributed by atoms with Crippen molar-refractivity contribution in [1.29, 1.82) is 0 Å². The maximum absolute atomic E-state index is 13.2. The molecule has 1 N–H and O–H groups in total. The molecule has 1 fully saturated rings. The van der Waals surface area contributed by atoms with Crippen molar-refractivity contribution < 1.29 is 9.53 Å². The van der Waals surface area contributed by atoms with Gasteiger partial charge in [-0.1, -0.05) is 55.6 Å². The molecule has 0 unspecified atom stereocenters. The number of para-hydroxylation sites is 1. The lowest BCUT2D eigenvalue weighted by atomic mass is 9.91. The number of ether oxygens (including phenoxy) is 1. The molecule has 164 valence electrons. The Morgan fingerprint density at radius 1 is 1.06 bits per heavy atom. The molecule has 1 amide bonds. The summed E-state index contributed by atoms with van der Waals surface area (Å²) in [6, 6.07) is 15.4. The van der Waals surface area contributed by atoms with Crippen molar-refractivity contribution in [3.8, 4) is 5.75 Å². The lowest BCUT2D eigenvalue weighted by molar-refractivity contribution is -0.119. The number of amides is 1. The Hall–Kier alpha value is -2.57. The summed E-state index contributed by atoms with van der Waals surface area (Å²) in [7, 11) is 1.65. The summed E-state index contributed by atoms with van der Waals surface area (Å²) in [5, 5.41) is 9.30. The zero-order chi connectivity index (χ0) is 21.8. The van der Waals surface area contributed by atoms with E-state index in [0.717, 1.165) is 42.9 Å². The first kappa shape index (κ1) is 21.7. The van der Waals surface area contributed by atoms with Crippen LogP contribution in [-0.2, 0) is 4.79 Å². The molecule has 4 rings (SSSR count). The zero-order valence-electron chi connectivity index (χ0n) is 18.1. The van der Waals surface area contributed by atoms with E-state index >= 15 is 0 Å². The first-order chi connectivity index (χ1) is 15.1. The van der Waals surface area contributed by atoms with E-state index in [2.05, 4.69) is 5.43 Å². The number of carbonyl (C=O) groups is 1. The standard InChI is InChI=1S/C24H29ClN4O2/c1-17-22(24(30)27-28-15-7-3-4-8-16-28)26-29(21-10-6-5-9-20(21)25)23(17)18-11-13-19(31-2)14-12-18/h5-6,9-14,17,23H,3-4,7-8,15-16H2,1-2H3,(H,27,30)/t17-,23-/m1/s1. The molecule has 0 spiro atoms. The molecule has 6 nitrogen and oxygen atoms in total. The van der Waals surface area contributed by atoms with Gasteiger partial charge in [0.25, 0.3) is 5.91 Å². The molecular weight excluding hydrogens is 412 g/mol. The average Bonchev–Trinajstić information content (AvgIpc) is 2.94. The molecule has 0 aliphatic carbocycles. The van der Waals surface area contributed by atoms with Crippen LogP contribution < -0.4 is 15.2 Å². The van der Waals surface area contributed by atoms with Crippen molar-refractivity contribution in [2.75, 3.05) is 25.2 Å². The number of anilines is 1. The third-order valence-electron chi connectivity index (χ3n) is 6.04. The third-order valence-corrected chi connectivity index (χ3v) is 6.36.